The third-order valence-electron chi connectivity index (χ3n) is 3.70. The van der Waals surface area contributed by atoms with Crippen molar-refractivity contribution in [3.05, 3.63) is 83.8 Å². The Bertz CT molecular complexity index is 740. The summed E-state index contributed by atoms with van der Waals surface area (Å²) in [5.41, 5.74) is 8.13. The number of ether oxygens (including phenoxy) is 1. The van der Waals surface area contributed by atoms with Gasteiger partial charge >= 0.3 is 0 Å². The van der Waals surface area contributed by atoms with Crippen LogP contribution >= 0.6 is 0 Å². The number of dihydropyridines is 1. The zero-order valence-electron chi connectivity index (χ0n) is 12.2. The number of rotatable bonds is 3. The van der Waals surface area contributed by atoms with E-state index in [1.165, 1.54) is 13.2 Å². The molecule has 0 amide bonds. The van der Waals surface area contributed by atoms with Gasteiger partial charge in [-0.1, -0.05) is 36.4 Å². The molecule has 1 aliphatic heterocycles. The average Bonchev–Trinajstić information content (AvgIpc) is 2.55. The van der Waals surface area contributed by atoms with Gasteiger partial charge in [-0.3, -0.25) is 0 Å². The SMILES string of the molecule is COc1ccc(C2(N)C=C(c3ccccc3)C=CN2)cc1F. The lowest BCUT2D eigenvalue weighted by Crippen LogP contribution is -2.47. The van der Waals surface area contributed by atoms with E-state index in [-0.39, 0.29) is 5.75 Å². The second-order valence-corrected chi connectivity index (χ2v) is 5.16. The summed E-state index contributed by atoms with van der Waals surface area (Å²) >= 11 is 0. The van der Waals surface area contributed by atoms with E-state index >= 15 is 0 Å². The summed E-state index contributed by atoms with van der Waals surface area (Å²) in [5, 5.41) is 3.09. The maximum absolute atomic E-state index is 13.9. The highest BCUT2D eigenvalue weighted by Crippen LogP contribution is 2.29. The molecule has 3 rings (SSSR count). The lowest BCUT2D eigenvalue weighted by molar-refractivity contribution is 0.384. The molecule has 112 valence electrons. The van der Waals surface area contributed by atoms with Crippen molar-refractivity contribution >= 4 is 5.57 Å². The number of nitrogens with one attached hydrogen (secondary N) is 1. The van der Waals surface area contributed by atoms with Gasteiger partial charge in [0.05, 0.1) is 7.11 Å². The van der Waals surface area contributed by atoms with Gasteiger partial charge in [-0.25, -0.2) is 4.39 Å². The molecule has 1 heterocycles. The van der Waals surface area contributed by atoms with Crippen LogP contribution in [0.2, 0.25) is 0 Å². The molecule has 1 aliphatic rings. The summed E-state index contributed by atoms with van der Waals surface area (Å²) in [4.78, 5) is 0. The quantitative estimate of drug-likeness (QED) is 0.914. The standard InChI is InChI=1S/C18H17FN2O/c1-22-17-8-7-15(11-16(17)19)18(20)12-14(9-10-21-18)13-5-3-2-4-6-13/h2-12,21H,20H2,1H3. The summed E-state index contributed by atoms with van der Waals surface area (Å²) in [5.74, 6) is -0.234. The predicted octanol–water partition coefficient (Wildman–Crippen LogP) is 3.15. The fourth-order valence-corrected chi connectivity index (χ4v) is 2.50. The van der Waals surface area contributed by atoms with Crippen LogP contribution in [0.25, 0.3) is 5.57 Å². The normalized spacial score (nSPS) is 20.2. The van der Waals surface area contributed by atoms with Crippen molar-refractivity contribution in [2.75, 3.05) is 7.11 Å². The zero-order chi connectivity index (χ0) is 15.6. The van der Waals surface area contributed by atoms with Gasteiger partial charge in [-0.05, 0) is 47.2 Å². The largest absolute Gasteiger partial charge is 0.494 e. The Morgan fingerprint density at radius 2 is 1.91 bits per heavy atom. The molecule has 0 aliphatic carbocycles. The van der Waals surface area contributed by atoms with Crippen molar-refractivity contribution in [2.45, 2.75) is 5.66 Å². The number of benzene rings is 2. The molecule has 1 unspecified atom stereocenters. The average molecular weight is 296 g/mol. The molecular formula is C18H17FN2O. The van der Waals surface area contributed by atoms with Crippen molar-refractivity contribution in [2.24, 2.45) is 5.73 Å². The second-order valence-electron chi connectivity index (χ2n) is 5.16. The first-order valence-corrected chi connectivity index (χ1v) is 6.98. The maximum atomic E-state index is 13.9. The van der Waals surface area contributed by atoms with Crippen LogP contribution in [-0.2, 0) is 5.66 Å². The Morgan fingerprint density at radius 1 is 1.14 bits per heavy atom. The van der Waals surface area contributed by atoms with Gasteiger partial charge in [0.1, 0.15) is 5.66 Å². The minimum atomic E-state index is -0.965. The summed E-state index contributed by atoms with van der Waals surface area (Å²) < 4.78 is 18.9. The fourth-order valence-electron chi connectivity index (χ4n) is 2.50. The van der Waals surface area contributed by atoms with E-state index < -0.39 is 11.5 Å². The Labute approximate surface area is 128 Å². The van der Waals surface area contributed by atoms with Gasteiger partial charge in [0.15, 0.2) is 11.6 Å². The molecule has 2 aromatic rings. The van der Waals surface area contributed by atoms with Gasteiger partial charge in [0.2, 0.25) is 0 Å². The molecular weight excluding hydrogens is 279 g/mol. The molecule has 22 heavy (non-hydrogen) atoms. The molecule has 0 aromatic heterocycles. The van der Waals surface area contributed by atoms with Gasteiger partial charge < -0.3 is 15.8 Å². The van der Waals surface area contributed by atoms with E-state index in [0.717, 1.165) is 11.1 Å². The summed E-state index contributed by atoms with van der Waals surface area (Å²) in [6.07, 6.45) is 5.62. The lowest BCUT2D eigenvalue weighted by atomic mass is 9.92. The summed E-state index contributed by atoms with van der Waals surface area (Å²) in [6.45, 7) is 0. The van der Waals surface area contributed by atoms with Gasteiger partial charge in [0, 0.05) is 0 Å². The Balaban J connectivity index is 2.01. The number of allylic oxidation sites excluding steroid dienone is 2. The molecule has 0 fully saturated rings. The fraction of sp³-hybridized carbons (Fsp3) is 0.111. The number of halogens is 1. The summed E-state index contributed by atoms with van der Waals surface area (Å²) in [7, 11) is 1.44. The Kier molecular flexibility index (Phi) is 3.69. The van der Waals surface area contributed by atoms with E-state index in [4.69, 9.17) is 10.5 Å². The highest BCUT2D eigenvalue weighted by atomic mass is 19.1. The first-order chi connectivity index (χ1) is 10.6. The van der Waals surface area contributed by atoms with E-state index in [2.05, 4.69) is 5.32 Å². The third-order valence-corrected chi connectivity index (χ3v) is 3.70. The van der Waals surface area contributed by atoms with Crippen LogP contribution < -0.4 is 15.8 Å². The number of nitrogens with two attached hydrogens (primary N) is 1. The van der Waals surface area contributed by atoms with Crippen molar-refractivity contribution in [3.63, 3.8) is 0 Å². The van der Waals surface area contributed by atoms with Crippen molar-refractivity contribution in [1.82, 2.24) is 5.32 Å². The predicted molar refractivity (Wildman–Crippen MR) is 85.5 cm³/mol. The van der Waals surface area contributed by atoms with Crippen LogP contribution in [0.5, 0.6) is 5.75 Å². The van der Waals surface area contributed by atoms with E-state index in [9.17, 15) is 4.39 Å². The molecule has 0 saturated carbocycles. The smallest absolute Gasteiger partial charge is 0.165 e. The van der Waals surface area contributed by atoms with E-state index in [0.29, 0.717) is 5.56 Å². The molecule has 0 saturated heterocycles. The topological polar surface area (TPSA) is 47.3 Å². The minimum Gasteiger partial charge on any atom is -0.494 e. The van der Waals surface area contributed by atoms with Crippen LogP contribution in [0, 0.1) is 5.82 Å². The minimum absolute atomic E-state index is 0.200. The molecule has 0 spiro atoms. The zero-order valence-corrected chi connectivity index (χ0v) is 12.2. The monoisotopic (exact) mass is 296 g/mol. The van der Waals surface area contributed by atoms with Gasteiger partial charge in [0.25, 0.3) is 0 Å². The first-order valence-electron chi connectivity index (χ1n) is 6.98. The number of hydrogen-bond donors (Lipinski definition) is 2. The van der Waals surface area contributed by atoms with Gasteiger partial charge in [-0.2, -0.15) is 0 Å². The van der Waals surface area contributed by atoms with Crippen LogP contribution in [-0.4, -0.2) is 7.11 Å². The first kappa shape index (κ1) is 14.4. The third kappa shape index (κ3) is 2.61. The van der Waals surface area contributed by atoms with Crippen LogP contribution in [0.4, 0.5) is 4.39 Å². The van der Waals surface area contributed by atoms with E-state index in [1.54, 1.807) is 18.3 Å². The Hall–Kier alpha value is -2.59. The van der Waals surface area contributed by atoms with E-state index in [1.807, 2.05) is 42.5 Å². The molecule has 2 aromatic carbocycles. The molecule has 4 heteroatoms. The Morgan fingerprint density at radius 3 is 2.59 bits per heavy atom. The molecule has 1 atom stereocenters. The molecule has 0 bridgehead atoms. The number of hydrogen-bond acceptors (Lipinski definition) is 3. The summed E-state index contributed by atoms with van der Waals surface area (Å²) in [6, 6.07) is 14.7. The highest BCUT2D eigenvalue weighted by molar-refractivity contribution is 5.76. The van der Waals surface area contributed by atoms with Crippen molar-refractivity contribution in [1.29, 1.82) is 0 Å². The maximum Gasteiger partial charge on any atom is 0.165 e. The highest BCUT2D eigenvalue weighted by Gasteiger charge is 2.27. The lowest BCUT2D eigenvalue weighted by Gasteiger charge is -2.31. The van der Waals surface area contributed by atoms with Crippen molar-refractivity contribution < 1.29 is 9.13 Å². The van der Waals surface area contributed by atoms with Crippen LogP contribution in [0.15, 0.2) is 66.9 Å². The van der Waals surface area contributed by atoms with Gasteiger partial charge in [-0.15, -0.1) is 0 Å². The van der Waals surface area contributed by atoms with Crippen LogP contribution in [0.1, 0.15) is 11.1 Å². The number of methoxy groups -OCH3 is 1. The second kappa shape index (κ2) is 5.66. The molecule has 0 radical (unpaired) electrons. The molecule has 3 nitrogen and oxygen atoms in total. The van der Waals surface area contributed by atoms with Crippen LogP contribution in [0.3, 0.4) is 0 Å². The molecule has 3 N–H and O–H groups in total. The van der Waals surface area contributed by atoms with Crippen molar-refractivity contribution in [3.8, 4) is 5.75 Å².